The monoisotopic (exact) mass is 268 g/mol. The van der Waals surface area contributed by atoms with Gasteiger partial charge in [-0.15, -0.1) is 0 Å². The molecule has 2 aliphatic heterocycles. The molecule has 20 heavy (non-hydrogen) atoms. The Bertz CT molecular complexity index is 521. The molecular weight excluding hydrogens is 244 g/mol. The molecule has 3 unspecified atom stereocenters. The third kappa shape index (κ3) is 1.74. The summed E-state index contributed by atoms with van der Waals surface area (Å²) in [6.45, 7) is 4.74. The van der Waals surface area contributed by atoms with Gasteiger partial charge in [-0.1, -0.05) is 43.3 Å². The fraction of sp³-hybridized carbons (Fsp3) is 0.556. The number of likely N-dealkylation sites (tertiary alicyclic amines) is 1. The van der Waals surface area contributed by atoms with Crippen molar-refractivity contribution in [2.24, 2.45) is 11.3 Å². The van der Waals surface area contributed by atoms with Crippen molar-refractivity contribution in [3.8, 4) is 0 Å². The molecule has 0 aromatic heterocycles. The number of hydrogen-bond donors (Lipinski definition) is 1. The highest BCUT2D eigenvalue weighted by atomic mass is 15.3. The zero-order chi connectivity index (χ0) is 13.6. The van der Waals surface area contributed by atoms with Crippen LogP contribution in [0.5, 0.6) is 0 Å². The number of fused-ring (bicyclic) bond motifs is 3. The number of allylic oxidation sites excluding steroid dienone is 2. The fourth-order valence-electron chi connectivity index (χ4n) is 4.64. The maximum Gasteiger partial charge on any atom is 0.0857 e. The Balaban J connectivity index is 1.69. The first-order chi connectivity index (χ1) is 9.79. The first kappa shape index (κ1) is 12.5. The lowest BCUT2D eigenvalue weighted by Gasteiger charge is -2.31. The topological polar surface area (TPSA) is 15.3 Å². The predicted molar refractivity (Wildman–Crippen MR) is 81.9 cm³/mol. The molecule has 1 aromatic carbocycles. The van der Waals surface area contributed by atoms with E-state index in [1.165, 1.54) is 37.8 Å². The zero-order valence-electron chi connectivity index (χ0n) is 12.3. The predicted octanol–water partition coefficient (Wildman–Crippen LogP) is 3.51. The van der Waals surface area contributed by atoms with Gasteiger partial charge in [0.15, 0.2) is 0 Å². The fourth-order valence-corrected chi connectivity index (χ4v) is 4.64. The Morgan fingerprint density at radius 1 is 1.30 bits per heavy atom. The van der Waals surface area contributed by atoms with Gasteiger partial charge in [-0.2, -0.15) is 0 Å². The van der Waals surface area contributed by atoms with Gasteiger partial charge in [0.05, 0.1) is 6.17 Å². The van der Waals surface area contributed by atoms with Gasteiger partial charge in [0, 0.05) is 23.6 Å². The highest BCUT2D eigenvalue weighted by Crippen LogP contribution is 2.55. The molecular formula is C18H24N2. The lowest BCUT2D eigenvalue weighted by atomic mass is 9.72. The maximum absolute atomic E-state index is 3.77. The molecule has 2 heterocycles. The molecule has 2 nitrogen and oxygen atoms in total. The summed E-state index contributed by atoms with van der Waals surface area (Å²) >= 11 is 0. The lowest BCUT2D eigenvalue weighted by molar-refractivity contribution is 0.164. The van der Waals surface area contributed by atoms with Crippen LogP contribution < -0.4 is 5.32 Å². The third-order valence-electron chi connectivity index (χ3n) is 5.67. The summed E-state index contributed by atoms with van der Waals surface area (Å²) in [5.41, 5.74) is 3.50. The van der Waals surface area contributed by atoms with Gasteiger partial charge in [0.1, 0.15) is 0 Å². The summed E-state index contributed by atoms with van der Waals surface area (Å²) < 4.78 is 0. The van der Waals surface area contributed by atoms with E-state index in [4.69, 9.17) is 0 Å². The van der Waals surface area contributed by atoms with Crippen molar-refractivity contribution >= 4 is 0 Å². The minimum atomic E-state index is 0.445. The van der Waals surface area contributed by atoms with Crippen molar-refractivity contribution in [1.29, 1.82) is 0 Å². The molecule has 0 amide bonds. The quantitative estimate of drug-likeness (QED) is 0.883. The molecule has 3 aliphatic rings. The number of rotatable bonds is 2. The standard InChI is InChI=1S/C18H24N2/c1-18-11-12-19-17(18)20(13-14-7-3-2-4-8-14)16-10-6-5-9-15(16)18/h2-4,7-8,10,15,17,19H,5-6,9,11-13H2,1H3. The maximum atomic E-state index is 3.77. The minimum Gasteiger partial charge on any atom is -0.354 e. The van der Waals surface area contributed by atoms with Crippen LogP contribution in [-0.2, 0) is 6.54 Å². The number of nitrogens with zero attached hydrogens (tertiary/aromatic N) is 1. The van der Waals surface area contributed by atoms with Gasteiger partial charge in [-0.25, -0.2) is 0 Å². The SMILES string of the molecule is CC12CCNC1N(Cc1ccccc1)C1=CCCCC12. The summed E-state index contributed by atoms with van der Waals surface area (Å²) in [6.07, 6.45) is 8.39. The molecule has 3 atom stereocenters. The molecule has 2 heteroatoms. The van der Waals surface area contributed by atoms with Gasteiger partial charge in [0.25, 0.3) is 0 Å². The van der Waals surface area contributed by atoms with E-state index in [-0.39, 0.29) is 0 Å². The molecule has 0 spiro atoms. The second-order valence-corrected chi connectivity index (χ2v) is 6.84. The number of benzene rings is 1. The van der Waals surface area contributed by atoms with Gasteiger partial charge < -0.3 is 4.90 Å². The summed E-state index contributed by atoms with van der Waals surface area (Å²) in [4.78, 5) is 2.66. The van der Waals surface area contributed by atoms with Crippen LogP contribution in [0, 0.1) is 11.3 Å². The normalized spacial score (nSPS) is 35.6. The Kier molecular flexibility index (Phi) is 2.88. The van der Waals surface area contributed by atoms with E-state index in [1.807, 2.05) is 0 Å². The molecule has 2 fully saturated rings. The van der Waals surface area contributed by atoms with Gasteiger partial charge in [0.2, 0.25) is 0 Å². The molecule has 0 bridgehead atoms. The Hall–Kier alpha value is -1.28. The van der Waals surface area contributed by atoms with Crippen molar-refractivity contribution in [3.63, 3.8) is 0 Å². The van der Waals surface area contributed by atoms with E-state index in [2.05, 4.69) is 53.5 Å². The van der Waals surface area contributed by atoms with Crippen LogP contribution in [0.25, 0.3) is 0 Å². The van der Waals surface area contributed by atoms with Crippen LogP contribution in [0.2, 0.25) is 0 Å². The van der Waals surface area contributed by atoms with Gasteiger partial charge >= 0.3 is 0 Å². The van der Waals surface area contributed by atoms with E-state index in [1.54, 1.807) is 5.70 Å². The Labute approximate surface area is 121 Å². The second kappa shape index (κ2) is 4.63. The lowest BCUT2D eigenvalue weighted by Crippen LogP contribution is -2.42. The highest BCUT2D eigenvalue weighted by molar-refractivity contribution is 5.26. The first-order valence-corrected chi connectivity index (χ1v) is 8.03. The van der Waals surface area contributed by atoms with Crippen LogP contribution in [0.3, 0.4) is 0 Å². The van der Waals surface area contributed by atoms with Crippen molar-refractivity contribution in [1.82, 2.24) is 10.2 Å². The molecule has 4 rings (SSSR count). The van der Waals surface area contributed by atoms with Gasteiger partial charge in [-0.05, 0) is 37.8 Å². The highest BCUT2D eigenvalue weighted by Gasteiger charge is 2.55. The summed E-state index contributed by atoms with van der Waals surface area (Å²) in [7, 11) is 0. The average molecular weight is 268 g/mol. The summed E-state index contributed by atoms with van der Waals surface area (Å²) in [5, 5.41) is 3.77. The van der Waals surface area contributed by atoms with Crippen LogP contribution >= 0.6 is 0 Å². The van der Waals surface area contributed by atoms with E-state index in [0.29, 0.717) is 11.6 Å². The molecule has 0 saturated carbocycles. The number of hydrogen-bond acceptors (Lipinski definition) is 2. The van der Waals surface area contributed by atoms with E-state index >= 15 is 0 Å². The van der Waals surface area contributed by atoms with Crippen molar-refractivity contribution in [2.75, 3.05) is 6.54 Å². The smallest absolute Gasteiger partial charge is 0.0857 e. The Morgan fingerprint density at radius 3 is 3.00 bits per heavy atom. The van der Waals surface area contributed by atoms with E-state index < -0.39 is 0 Å². The van der Waals surface area contributed by atoms with E-state index in [9.17, 15) is 0 Å². The molecule has 0 radical (unpaired) electrons. The third-order valence-corrected chi connectivity index (χ3v) is 5.67. The average Bonchev–Trinajstić information content (AvgIpc) is 2.97. The van der Waals surface area contributed by atoms with E-state index in [0.717, 1.165) is 12.5 Å². The molecule has 1 aliphatic carbocycles. The largest absolute Gasteiger partial charge is 0.354 e. The van der Waals surface area contributed by atoms with Crippen LogP contribution in [0.15, 0.2) is 42.1 Å². The second-order valence-electron chi connectivity index (χ2n) is 6.84. The molecule has 2 saturated heterocycles. The van der Waals surface area contributed by atoms with Gasteiger partial charge in [-0.3, -0.25) is 5.32 Å². The van der Waals surface area contributed by atoms with Crippen LogP contribution in [0.1, 0.15) is 38.2 Å². The van der Waals surface area contributed by atoms with Crippen molar-refractivity contribution < 1.29 is 0 Å². The van der Waals surface area contributed by atoms with Crippen LogP contribution in [-0.4, -0.2) is 17.6 Å². The Morgan fingerprint density at radius 2 is 2.15 bits per heavy atom. The number of nitrogens with one attached hydrogen (secondary N) is 1. The van der Waals surface area contributed by atoms with Crippen molar-refractivity contribution in [3.05, 3.63) is 47.7 Å². The van der Waals surface area contributed by atoms with Crippen LogP contribution in [0.4, 0.5) is 0 Å². The zero-order valence-corrected chi connectivity index (χ0v) is 12.3. The molecule has 106 valence electrons. The molecule has 1 N–H and O–H groups in total. The summed E-state index contributed by atoms with van der Waals surface area (Å²) in [5.74, 6) is 0.778. The first-order valence-electron chi connectivity index (χ1n) is 8.03. The minimum absolute atomic E-state index is 0.445. The summed E-state index contributed by atoms with van der Waals surface area (Å²) in [6, 6.07) is 10.9. The van der Waals surface area contributed by atoms with Crippen molar-refractivity contribution in [2.45, 2.75) is 45.3 Å². The molecule has 1 aromatic rings.